The third kappa shape index (κ3) is 2.90. The Morgan fingerprint density at radius 1 is 1.54 bits per heavy atom. The minimum atomic E-state index is 0.0238. The van der Waals surface area contributed by atoms with Gasteiger partial charge in [-0.15, -0.1) is 0 Å². The molecule has 72 valence electrons. The molecule has 1 atom stereocenters. The summed E-state index contributed by atoms with van der Waals surface area (Å²) >= 11 is 5.95. The number of hydrogen-bond donors (Lipinski definition) is 1. The van der Waals surface area contributed by atoms with Crippen molar-refractivity contribution in [2.45, 2.75) is 19.9 Å². The van der Waals surface area contributed by atoms with Crippen molar-refractivity contribution in [3.8, 4) is 5.75 Å². The number of nitrogens with two attached hydrogens (primary N) is 1. The van der Waals surface area contributed by atoms with Crippen LogP contribution in [-0.4, -0.2) is 12.6 Å². The minimum absolute atomic E-state index is 0.0238. The van der Waals surface area contributed by atoms with E-state index in [1.807, 2.05) is 32.0 Å². The molecule has 0 aliphatic heterocycles. The Morgan fingerprint density at radius 3 is 2.77 bits per heavy atom. The van der Waals surface area contributed by atoms with Crippen LogP contribution in [0.4, 0.5) is 0 Å². The lowest BCUT2D eigenvalue weighted by molar-refractivity contribution is 0.294. The van der Waals surface area contributed by atoms with E-state index in [0.29, 0.717) is 11.6 Å². The first-order valence-electron chi connectivity index (χ1n) is 4.24. The summed E-state index contributed by atoms with van der Waals surface area (Å²) in [6.07, 6.45) is 0. The van der Waals surface area contributed by atoms with Gasteiger partial charge in [0.25, 0.3) is 0 Å². The Kier molecular flexibility index (Phi) is 3.58. The van der Waals surface area contributed by atoms with Crippen LogP contribution in [0.25, 0.3) is 0 Å². The van der Waals surface area contributed by atoms with Crippen LogP contribution in [-0.2, 0) is 0 Å². The fourth-order valence-corrected chi connectivity index (χ4v) is 1.29. The van der Waals surface area contributed by atoms with Gasteiger partial charge in [0.2, 0.25) is 0 Å². The molecule has 0 aliphatic rings. The van der Waals surface area contributed by atoms with E-state index in [-0.39, 0.29) is 6.04 Å². The molecule has 0 radical (unpaired) electrons. The summed E-state index contributed by atoms with van der Waals surface area (Å²) in [5, 5.41) is 0.639. The molecular formula is C10H14ClNO. The second kappa shape index (κ2) is 4.49. The molecule has 0 saturated heterocycles. The van der Waals surface area contributed by atoms with E-state index >= 15 is 0 Å². The van der Waals surface area contributed by atoms with E-state index in [2.05, 4.69) is 0 Å². The third-order valence-electron chi connectivity index (χ3n) is 1.65. The average molecular weight is 200 g/mol. The van der Waals surface area contributed by atoms with Crippen molar-refractivity contribution in [3.05, 3.63) is 28.8 Å². The van der Waals surface area contributed by atoms with Crippen LogP contribution >= 0.6 is 11.6 Å². The number of para-hydroxylation sites is 1. The molecule has 0 aromatic heterocycles. The highest BCUT2D eigenvalue weighted by Crippen LogP contribution is 2.27. The molecule has 13 heavy (non-hydrogen) atoms. The normalized spacial score (nSPS) is 12.6. The standard InChI is InChI=1S/C10H14ClNO/c1-7-4-3-5-9(11)10(7)13-6-8(2)12/h3-5,8H,6,12H2,1-2H3. The maximum atomic E-state index is 5.95. The quantitative estimate of drug-likeness (QED) is 0.812. The Balaban J connectivity index is 2.75. The molecule has 2 nitrogen and oxygen atoms in total. The fourth-order valence-electron chi connectivity index (χ4n) is 1.01. The van der Waals surface area contributed by atoms with E-state index in [0.717, 1.165) is 11.3 Å². The number of ether oxygens (including phenoxy) is 1. The number of aryl methyl sites for hydroxylation is 1. The van der Waals surface area contributed by atoms with E-state index in [1.165, 1.54) is 0 Å². The van der Waals surface area contributed by atoms with Crippen molar-refractivity contribution in [2.75, 3.05) is 6.61 Å². The first-order chi connectivity index (χ1) is 6.11. The molecule has 0 amide bonds. The highest BCUT2D eigenvalue weighted by Gasteiger charge is 2.05. The van der Waals surface area contributed by atoms with Crippen molar-refractivity contribution in [1.29, 1.82) is 0 Å². The zero-order valence-electron chi connectivity index (χ0n) is 7.88. The number of halogens is 1. The maximum Gasteiger partial charge on any atom is 0.140 e. The number of hydrogen-bond acceptors (Lipinski definition) is 2. The molecule has 0 saturated carbocycles. The smallest absolute Gasteiger partial charge is 0.140 e. The molecule has 1 aromatic carbocycles. The lowest BCUT2D eigenvalue weighted by Crippen LogP contribution is -2.23. The Bertz CT molecular complexity index is 266. The van der Waals surface area contributed by atoms with Gasteiger partial charge < -0.3 is 10.5 Å². The molecule has 0 bridgehead atoms. The third-order valence-corrected chi connectivity index (χ3v) is 1.95. The van der Waals surface area contributed by atoms with Gasteiger partial charge in [0.1, 0.15) is 12.4 Å². The van der Waals surface area contributed by atoms with Crippen molar-refractivity contribution in [3.63, 3.8) is 0 Å². The molecular weight excluding hydrogens is 186 g/mol. The second-order valence-electron chi connectivity index (χ2n) is 3.17. The van der Waals surface area contributed by atoms with Gasteiger partial charge in [-0.05, 0) is 25.5 Å². The number of benzene rings is 1. The van der Waals surface area contributed by atoms with Gasteiger partial charge in [-0.25, -0.2) is 0 Å². The van der Waals surface area contributed by atoms with Gasteiger partial charge in [0.15, 0.2) is 0 Å². The zero-order chi connectivity index (χ0) is 9.84. The second-order valence-corrected chi connectivity index (χ2v) is 3.58. The topological polar surface area (TPSA) is 35.2 Å². The molecule has 1 unspecified atom stereocenters. The van der Waals surface area contributed by atoms with Gasteiger partial charge in [-0.1, -0.05) is 23.7 Å². The summed E-state index contributed by atoms with van der Waals surface area (Å²) in [6.45, 7) is 4.35. The first kappa shape index (κ1) is 10.4. The predicted molar refractivity (Wildman–Crippen MR) is 55.3 cm³/mol. The molecule has 0 fully saturated rings. The van der Waals surface area contributed by atoms with Crippen molar-refractivity contribution in [2.24, 2.45) is 5.73 Å². The predicted octanol–water partition coefficient (Wildman–Crippen LogP) is 2.37. The molecule has 2 N–H and O–H groups in total. The lowest BCUT2D eigenvalue weighted by atomic mass is 10.2. The molecule has 1 rings (SSSR count). The molecule has 0 spiro atoms. The van der Waals surface area contributed by atoms with Gasteiger partial charge >= 0.3 is 0 Å². The van der Waals surface area contributed by atoms with E-state index in [9.17, 15) is 0 Å². The SMILES string of the molecule is Cc1cccc(Cl)c1OCC(C)N. The Labute approximate surface area is 83.6 Å². The van der Waals surface area contributed by atoms with E-state index in [1.54, 1.807) is 0 Å². The van der Waals surface area contributed by atoms with Gasteiger partial charge in [-0.2, -0.15) is 0 Å². The van der Waals surface area contributed by atoms with Crippen molar-refractivity contribution < 1.29 is 4.74 Å². The largest absolute Gasteiger partial charge is 0.490 e. The lowest BCUT2D eigenvalue weighted by Gasteiger charge is -2.12. The van der Waals surface area contributed by atoms with Crippen LogP contribution in [0.5, 0.6) is 5.75 Å². The van der Waals surface area contributed by atoms with E-state index < -0.39 is 0 Å². The van der Waals surface area contributed by atoms with Crippen LogP contribution < -0.4 is 10.5 Å². The van der Waals surface area contributed by atoms with Crippen molar-refractivity contribution >= 4 is 11.6 Å². The van der Waals surface area contributed by atoms with Gasteiger partial charge in [-0.3, -0.25) is 0 Å². The summed E-state index contributed by atoms with van der Waals surface area (Å²) in [7, 11) is 0. The maximum absolute atomic E-state index is 5.95. The Hall–Kier alpha value is -0.730. The van der Waals surface area contributed by atoms with E-state index in [4.69, 9.17) is 22.1 Å². The summed E-state index contributed by atoms with van der Waals surface area (Å²) in [5.74, 6) is 0.737. The van der Waals surface area contributed by atoms with Crippen LogP contribution in [0.1, 0.15) is 12.5 Å². The van der Waals surface area contributed by atoms with Crippen LogP contribution in [0, 0.1) is 6.92 Å². The molecule has 0 heterocycles. The minimum Gasteiger partial charge on any atom is -0.490 e. The Morgan fingerprint density at radius 2 is 2.23 bits per heavy atom. The molecule has 0 aliphatic carbocycles. The van der Waals surface area contributed by atoms with Gasteiger partial charge in [0.05, 0.1) is 5.02 Å². The monoisotopic (exact) mass is 199 g/mol. The summed E-state index contributed by atoms with van der Waals surface area (Å²) in [5.41, 5.74) is 6.61. The highest BCUT2D eigenvalue weighted by atomic mass is 35.5. The summed E-state index contributed by atoms with van der Waals surface area (Å²) in [6, 6.07) is 5.69. The van der Waals surface area contributed by atoms with Crippen LogP contribution in [0.15, 0.2) is 18.2 Å². The van der Waals surface area contributed by atoms with Crippen molar-refractivity contribution in [1.82, 2.24) is 0 Å². The molecule has 3 heteroatoms. The zero-order valence-corrected chi connectivity index (χ0v) is 8.64. The van der Waals surface area contributed by atoms with Crippen LogP contribution in [0.3, 0.4) is 0 Å². The highest BCUT2D eigenvalue weighted by molar-refractivity contribution is 6.32. The van der Waals surface area contributed by atoms with Gasteiger partial charge in [0, 0.05) is 6.04 Å². The summed E-state index contributed by atoms with van der Waals surface area (Å²) in [4.78, 5) is 0. The first-order valence-corrected chi connectivity index (χ1v) is 4.62. The summed E-state index contributed by atoms with van der Waals surface area (Å²) < 4.78 is 5.47. The number of rotatable bonds is 3. The molecule has 1 aromatic rings. The van der Waals surface area contributed by atoms with Crippen LogP contribution in [0.2, 0.25) is 5.02 Å². The fraction of sp³-hybridized carbons (Fsp3) is 0.400. The average Bonchev–Trinajstić information content (AvgIpc) is 2.03.